The molecule has 0 aromatic heterocycles. The fourth-order valence-corrected chi connectivity index (χ4v) is 3.83. The maximum atomic E-state index is 12.8. The van der Waals surface area contributed by atoms with Crippen molar-refractivity contribution in [2.24, 2.45) is 0 Å². The van der Waals surface area contributed by atoms with Crippen molar-refractivity contribution in [2.75, 3.05) is 24.6 Å². The Morgan fingerprint density at radius 3 is 1.83 bits per heavy atom. The van der Waals surface area contributed by atoms with Gasteiger partial charge in [0.25, 0.3) is 10.0 Å². The van der Waals surface area contributed by atoms with Gasteiger partial charge in [0, 0.05) is 12.1 Å². The van der Waals surface area contributed by atoms with E-state index in [0.717, 1.165) is 0 Å². The molecule has 0 aliphatic rings. The molecule has 0 heterocycles. The van der Waals surface area contributed by atoms with Gasteiger partial charge in [0.15, 0.2) is 0 Å². The second-order valence-corrected chi connectivity index (χ2v) is 8.48. The first-order valence-corrected chi connectivity index (χ1v) is 10.5. The van der Waals surface area contributed by atoms with Crippen molar-refractivity contribution in [2.45, 2.75) is 4.90 Å². The molecule has 0 spiro atoms. The maximum Gasteiger partial charge on any atom is 0.264 e. The number of nitrogens with zero attached hydrogens (tertiary/aromatic N) is 1. The second-order valence-electron chi connectivity index (χ2n) is 6.07. The van der Waals surface area contributed by atoms with E-state index in [-0.39, 0.29) is 23.9 Å². The topological polar surface area (TPSA) is 55.8 Å². The number of ether oxygens (including phenoxy) is 2. The van der Waals surface area contributed by atoms with Gasteiger partial charge in [-0.2, -0.15) is 0 Å². The van der Waals surface area contributed by atoms with Crippen LogP contribution >= 0.6 is 11.6 Å². The fourth-order valence-electron chi connectivity index (χ4n) is 2.51. The Labute approximate surface area is 174 Å². The Hall–Kier alpha value is -2.77. The molecule has 3 aromatic rings. The molecule has 3 rings (SSSR count). The summed E-state index contributed by atoms with van der Waals surface area (Å²) in [5.41, 5.74) is 0.495. The van der Waals surface area contributed by atoms with E-state index in [0.29, 0.717) is 22.2 Å². The van der Waals surface area contributed by atoms with E-state index in [1.807, 2.05) is 0 Å². The number of sulfonamides is 1. The summed E-state index contributed by atoms with van der Waals surface area (Å²) >= 11 is 5.82. The first kappa shape index (κ1) is 21.0. The zero-order chi connectivity index (χ0) is 20.9. The third kappa shape index (κ3) is 5.40. The molecule has 0 N–H and O–H groups in total. The molecule has 3 aromatic carbocycles. The van der Waals surface area contributed by atoms with Gasteiger partial charge >= 0.3 is 0 Å². The summed E-state index contributed by atoms with van der Waals surface area (Å²) in [5, 5.41) is 0.469. The third-order valence-electron chi connectivity index (χ3n) is 4.11. The number of rotatable bonds is 8. The molecule has 5 nitrogen and oxygen atoms in total. The van der Waals surface area contributed by atoms with Crippen molar-refractivity contribution in [3.8, 4) is 11.5 Å². The molecule has 0 unspecified atom stereocenters. The molecule has 152 valence electrons. The van der Waals surface area contributed by atoms with Crippen molar-refractivity contribution in [3.63, 3.8) is 0 Å². The molecule has 0 atom stereocenters. The molecule has 0 aliphatic heterocycles. The SMILES string of the molecule is CN(c1ccc(OCCOc2ccc(F)cc2)cc1)S(=O)(=O)c1ccc(Cl)cc1. The molecule has 0 bridgehead atoms. The number of anilines is 1. The van der Waals surface area contributed by atoms with Gasteiger partial charge in [0.1, 0.15) is 30.5 Å². The molecular formula is C21H19ClFNO4S. The van der Waals surface area contributed by atoms with Crippen LogP contribution in [0.5, 0.6) is 11.5 Å². The van der Waals surface area contributed by atoms with Crippen LogP contribution in [0.3, 0.4) is 0 Å². The van der Waals surface area contributed by atoms with Crippen LogP contribution in [0, 0.1) is 5.82 Å². The summed E-state index contributed by atoms with van der Waals surface area (Å²) in [4.78, 5) is 0.155. The van der Waals surface area contributed by atoms with Crippen LogP contribution < -0.4 is 13.8 Å². The Balaban J connectivity index is 1.56. The summed E-state index contributed by atoms with van der Waals surface area (Å²) in [5.74, 6) is 0.810. The maximum absolute atomic E-state index is 12.8. The quantitative estimate of drug-likeness (QED) is 0.478. The van der Waals surface area contributed by atoms with Crippen LogP contribution in [0.2, 0.25) is 5.02 Å². The average molecular weight is 436 g/mol. The predicted octanol–water partition coefficient (Wildman–Crippen LogP) is 4.76. The minimum atomic E-state index is -3.69. The van der Waals surface area contributed by atoms with Gasteiger partial charge in [-0.1, -0.05) is 11.6 Å². The number of hydrogen-bond donors (Lipinski definition) is 0. The van der Waals surface area contributed by atoms with Crippen LogP contribution in [0.15, 0.2) is 77.7 Å². The molecule has 0 saturated carbocycles. The van der Waals surface area contributed by atoms with E-state index in [1.165, 1.54) is 47.8 Å². The summed E-state index contributed by atoms with van der Waals surface area (Å²) in [6.07, 6.45) is 0. The third-order valence-corrected chi connectivity index (χ3v) is 6.16. The van der Waals surface area contributed by atoms with Gasteiger partial charge in [-0.25, -0.2) is 12.8 Å². The lowest BCUT2D eigenvalue weighted by molar-refractivity contribution is 0.217. The predicted molar refractivity (Wildman–Crippen MR) is 111 cm³/mol. The zero-order valence-electron chi connectivity index (χ0n) is 15.6. The fraction of sp³-hybridized carbons (Fsp3) is 0.143. The molecule has 0 amide bonds. The van der Waals surface area contributed by atoms with Gasteiger partial charge in [0.2, 0.25) is 0 Å². The van der Waals surface area contributed by atoms with Crippen LogP contribution in [-0.2, 0) is 10.0 Å². The van der Waals surface area contributed by atoms with Crippen molar-refractivity contribution >= 4 is 27.3 Å². The first-order chi connectivity index (χ1) is 13.9. The van der Waals surface area contributed by atoms with E-state index in [9.17, 15) is 12.8 Å². The Morgan fingerprint density at radius 2 is 1.31 bits per heavy atom. The van der Waals surface area contributed by atoms with Crippen LogP contribution in [0.1, 0.15) is 0 Å². The molecule has 0 radical (unpaired) electrons. The summed E-state index contributed by atoms with van der Waals surface area (Å²) in [6, 6.07) is 18.4. The first-order valence-electron chi connectivity index (χ1n) is 8.72. The molecule has 0 fully saturated rings. The van der Waals surface area contributed by atoms with Gasteiger partial charge < -0.3 is 9.47 Å². The van der Waals surface area contributed by atoms with E-state index in [1.54, 1.807) is 36.4 Å². The largest absolute Gasteiger partial charge is 0.490 e. The lowest BCUT2D eigenvalue weighted by atomic mass is 10.3. The van der Waals surface area contributed by atoms with Crippen LogP contribution in [0.25, 0.3) is 0 Å². The standard InChI is InChI=1S/C21H19ClFNO4S/c1-24(29(25,26)21-12-2-16(22)3-13-21)18-6-10-20(11-7-18)28-15-14-27-19-8-4-17(23)5-9-19/h2-13H,14-15H2,1H3. The van der Waals surface area contributed by atoms with E-state index in [4.69, 9.17) is 21.1 Å². The Kier molecular flexibility index (Phi) is 6.61. The van der Waals surface area contributed by atoms with Crippen LogP contribution in [-0.4, -0.2) is 28.7 Å². The van der Waals surface area contributed by atoms with Gasteiger partial charge in [-0.05, 0) is 72.8 Å². The van der Waals surface area contributed by atoms with Crippen LogP contribution in [0.4, 0.5) is 10.1 Å². The highest BCUT2D eigenvalue weighted by molar-refractivity contribution is 7.92. The smallest absolute Gasteiger partial charge is 0.264 e. The van der Waals surface area contributed by atoms with E-state index < -0.39 is 10.0 Å². The summed E-state index contributed by atoms with van der Waals surface area (Å²) in [6.45, 7) is 0.577. The van der Waals surface area contributed by atoms with Gasteiger partial charge in [0.05, 0.1) is 10.6 Å². The summed E-state index contributed by atoms with van der Waals surface area (Å²) in [7, 11) is -2.21. The van der Waals surface area contributed by atoms with E-state index in [2.05, 4.69) is 0 Å². The number of hydrogen-bond acceptors (Lipinski definition) is 4. The minimum absolute atomic E-state index is 0.155. The van der Waals surface area contributed by atoms with Crippen molar-refractivity contribution in [1.29, 1.82) is 0 Å². The van der Waals surface area contributed by atoms with Crippen molar-refractivity contribution < 1.29 is 22.3 Å². The molecule has 0 aliphatic carbocycles. The zero-order valence-corrected chi connectivity index (χ0v) is 17.2. The molecule has 0 saturated heterocycles. The monoisotopic (exact) mass is 435 g/mol. The average Bonchev–Trinajstić information content (AvgIpc) is 2.73. The number of halogens is 2. The highest BCUT2D eigenvalue weighted by atomic mass is 35.5. The van der Waals surface area contributed by atoms with E-state index >= 15 is 0 Å². The minimum Gasteiger partial charge on any atom is -0.490 e. The van der Waals surface area contributed by atoms with Gasteiger partial charge in [-0.15, -0.1) is 0 Å². The lowest BCUT2D eigenvalue weighted by Crippen LogP contribution is -2.26. The lowest BCUT2D eigenvalue weighted by Gasteiger charge is -2.20. The molecule has 29 heavy (non-hydrogen) atoms. The molecule has 8 heteroatoms. The number of benzene rings is 3. The normalized spacial score (nSPS) is 11.1. The molecular weight excluding hydrogens is 417 g/mol. The van der Waals surface area contributed by atoms with Crippen molar-refractivity contribution in [3.05, 3.63) is 83.6 Å². The Morgan fingerprint density at radius 1 is 0.828 bits per heavy atom. The summed E-state index contributed by atoms with van der Waals surface area (Å²) < 4.78 is 50.5. The highest BCUT2D eigenvalue weighted by Crippen LogP contribution is 2.25. The second kappa shape index (κ2) is 9.15. The Bertz CT molecular complexity index is 1040. The van der Waals surface area contributed by atoms with Crippen molar-refractivity contribution in [1.82, 2.24) is 0 Å². The van der Waals surface area contributed by atoms with Gasteiger partial charge in [-0.3, -0.25) is 4.31 Å². The highest BCUT2D eigenvalue weighted by Gasteiger charge is 2.21.